The van der Waals surface area contributed by atoms with Crippen molar-refractivity contribution >= 4 is 0 Å². The highest BCUT2D eigenvalue weighted by Crippen LogP contribution is 2.26. The van der Waals surface area contributed by atoms with E-state index >= 15 is 0 Å². The van der Waals surface area contributed by atoms with Crippen LogP contribution in [0.15, 0.2) is 0 Å². The van der Waals surface area contributed by atoms with Crippen LogP contribution in [-0.2, 0) is 0 Å². The molecule has 4 unspecified atom stereocenters. The maximum atomic E-state index is 10.2. The van der Waals surface area contributed by atoms with Gasteiger partial charge in [-0.1, -0.05) is 19.8 Å². The van der Waals surface area contributed by atoms with Crippen LogP contribution in [0.1, 0.15) is 51.9 Å². The summed E-state index contributed by atoms with van der Waals surface area (Å²) in [4.78, 5) is 5.02. The molecule has 2 N–H and O–H groups in total. The molecule has 1 saturated carbocycles. The second kappa shape index (κ2) is 7.61. The minimum atomic E-state index is -0.0767. The Morgan fingerprint density at radius 2 is 1.68 bits per heavy atom. The highest BCUT2D eigenvalue weighted by Gasteiger charge is 2.33. The Hall–Kier alpha value is -0.160. The SMILES string of the molecule is CC1CN(C)CCC1NC1CCN(C2CCCCC2O)CC1. The summed E-state index contributed by atoms with van der Waals surface area (Å²) in [6, 6.07) is 1.83. The van der Waals surface area contributed by atoms with E-state index in [-0.39, 0.29) is 6.10 Å². The lowest BCUT2D eigenvalue weighted by Gasteiger charge is -2.43. The number of aliphatic hydroxyl groups excluding tert-OH is 1. The fourth-order valence-electron chi connectivity index (χ4n) is 4.82. The summed E-state index contributed by atoms with van der Waals surface area (Å²) >= 11 is 0. The van der Waals surface area contributed by atoms with Crippen LogP contribution < -0.4 is 5.32 Å². The lowest BCUT2D eigenvalue weighted by molar-refractivity contribution is 0.00550. The van der Waals surface area contributed by atoms with Gasteiger partial charge in [0.25, 0.3) is 0 Å². The predicted molar refractivity (Wildman–Crippen MR) is 91.1 cm³/mol. The van der Waals surface area contributed by atoms with Gasteiger partial charge in [-0.3, -0.25) is 4.90 Å². The van der Waals surface area contributed by atoms with Gasteiger partial charge in [0.2, 0.25) is 0 Å². The molecule has 0 aromatic heterocycles. The maximum absolute atomic E-state index is 10.2. The van der Waals surface area contributed by atoms with Crippen molar-refractivity contribution in [3.05, 3.63) is 0 Å². The van der Waals surface area contributed by atoms with Gasteiger partial charge in [-0.05, 0) is 51.6 Å². The largest absolute Gasteiger partial charge is 0.391 e. The lowest BCUT2D eigenvalue weighted by atomic mass is 9.89. The first-order valence-corrected chi connectivity index (χ1v) is 9.50. The standard InChI is InChI=1S/C18H35N3O/c1-14-13-20(2)10-9-16(14)19-15-7-11-21(12-8-15)17-5-3-4-6-18(17)22/h14-19,22H,3-13H2,1-2H3. The average molecular weight is 309 g/mol. The smallest absolute Gasteiger partial charge is 0.0695 e. The third-order valence-corrected chi connectivity index (χ3v) is 6.25. The van der Waals surface area contributed by atoms with Crippen molar-refractivity contribution in [2.75, 3.05) is 33.2 Å². The Bertz CT molecular complexity index is 343. The van der Waals surface area contributed by atoms with E-state index in [1.807, 2.05) is 0 Å². The van der Waals surface area contributed by atoms with Crippen molar-refractivity contribution in [1.29, 1.82) is 0 Å². The highest BCUT2D eigenvalue weighted by molar-refractivity contribution is 4.90. The van der Waals surface area contributed by atoms with Gasteiger partial charge in [-0.25, -0.2) is 0 Å². The Labute approximate surface area is 136 Å². The first-order chi connectivity index (χ1) is 10.6. The number of hydrogen-bond donors (Lipinski definition) is 2. The summed E-state index contributed by atoms with van der Waals surface area (Å²) in [7, 11) is 2.24. The van der Waals surface area contributed by atoms with E-state index in [0.29, 0.717) is 18.1 Å². The van der Waals surface area contributed by atoms with Gasteiger partial charge >= 0.3 is 0 Å². The van der Waals surface area contributed by atoms with E-state index in [0.717, 1.165) is 12.3 Å². The summed E-state index contributed by atoms with van der Waals surface area (Å²) in [6.07, 6.45) is 8.44. The molecule has 0 spiro atoms. The minimum Gasteiger partial charge on any atom is -0.391 e. The molecule has 3 aliphatic rings. The number of nitrogens with one attached hydrogen (secondary N) is 1. The van der Waals surface area contributed by atoms with Crippen LogP contribution in [0, 0.1) is 5.92 Å². The Morgan fingerprint density at radius 1 is 0.955 bits per heavy atom. The fourth-order valence-corrected chi connectivity index (χ4v) is 4.82. The van der Waals surface area contributed by atoms with Crippen molar-refractivity contribution in [2.45, 2.75) is 76.1 Å². The average Bonchev–Trinajstić information content (AvgIpc) is 2.51. The van der Waals surface area contributed by atoms with E-state index in [4.69, 9.17) is 0 Å². The quantitative estimate of drug-likeness (QED) is 0.832. The summed E-state index contributed by atoms with van der Waals surface area (Å²) in [6.45, 7) is 7.18. The van der Waals surface area contributed by atoms with Crippen LogP contribution in [0.25, 0.3) is 0 Å². The van der Waals surface area contributed by atoms with E-state index < -0.39 is 0 Å². The van der Waals surface area contributed by atoms with Gasteiger partial charge in [0.1, 0.15) is 0 Å². The predicted octanol–water partition coefficient (Wildman–Crippen LogP) is 1.68. The first-order valence-electron chi connectivity index (χ1n) is 9.50. The van der Waals surface area contributed by atoms with Gasteiger partial charge in [-0.2, -0.15) is 0 Å². The van der Waals surface area contributed by atoms with Crippen LogP contribution >= 0.6 is 0 Å². The molecule has 4 nitrogen and oxygen atoms in total. The fraction of sp³-hybridized carbons (Fsp3) is 1.00. The van der Waals surface area contributed by atoms with Crippen molar-refractivity contribution in [3.63, 3.8) is 0 Å². The van der Waals surface area contributed by atoms with E-state index in [1.54, 1.807) is 0 Å². The molecule has 4 atom stereocenters. The van der Waals surface area contributed by atoms with Crippen LogP contribution in [0.3, 0.4) is 0 Å². The van der Waals surface area contributed by atoms with Crippen LogP contribution in [0.2, 0.25) is 0 Å². The Morgan fingerprint density at radius 3 is 2.36 bits per heavy atom. The number of rotatable bonds is 3. The van der Waals surface area contributed by atoms with Crippen LogP contribution in [0.4, 0.5) is 0 Å². The molecule has 0 radical (unpaired) electrons. The summed E-state index contributed by atoms with van der Waals surface area (Å²) in [5.41, 5.74) is 0. The molecule has 2 aliphatic heterocycles. The highest BCUT2D eigenvalue weighted by atomic mass is 16.3. The minimum absolute atomic E-state index is 0.0767. The summed E-state index contributed by atoms with van der Waals surface area (Å²) in [5, 5.41) is 14.2. The molecular formula is C18H35N3O. The molecule has 3 fully saturated rings. The van der Waals surface area contributed by atoms with E-state index in [9.17, 15) is 5.11 Å². The Kier molecular flexibility index (Phi) is 5.77. The molecule has 0 aromatic rings. The molecule has 2 heterocycles. The zero-order valence-electron chi connectivity index (χ0n) is 14.5. The zero-order chi connectivity index (χ0) is 15.5. The summed E-state index contributed by atoms with van der Waals surface area (Å²) in [5.74, 6) is 0.761. The molecular weight excluding hydrogens is 274 g/mol. The van der Waals surface area contributed by atoms with Gasteiger partial charge < -0.3 is 15.3 Å². The normalized spacial score (nSPS) is 40.0. The van der Waals surface area contributed by atoms with Crippen molar-refractivity contribution in [2.24, 2.45) is 5.92 Å². The molecule has 3 rings (SSSR count). The van der Waals surface area contributed by atoms with Gasteiger partial charge in [0, 0.05) is 37.8 Å². The topological polar surface area (TPSA) is 38.7 Å². The van der Waals surface area contributed by atoms with Gasteiger partial charge in [-0.15, -0.1) is 0 Å². The number of likely N-dealkylation sites (tertiary alicyclic amines) is 2. The first kappa shape index (κ1) is 16.7. The number of piperidine rings is 2. The molecule has 0 aromatic carbocycles. The Balaban J connectivity index is 1.43. The third kappa shape index (κ3) is 4.02. The number of aliphatic hydroxyl groups is 1. The van der Waals surface area contributed by atoms with Gasteiger partial charge in [0.05, 0.1) is 6.10 Å². The molecule has 0 amide bonds. The zero-order valence-corrected chi connectivity index (χ0v) is 14.5. The number of nitrogens with zero attached hydrogens (tertiary/aromatic N) is 2. The third-order valence-electron chi connectivity index (χ3n) is 6.25. The molecule has 4 heteroatoms. The second-order valence-corrected chi connectivity index (χ2v) is 8.03. The summed E-state index contributed by atoms with van der Waals surface area (Å²) < 4.78 is 0. The molecule has 128 valence electrons. The van der Waals surface area contributed by atoms with Crippen molar-refractivity contribution < 1.29 is 5.11 Å². The molecule has 22 heavy (non-hydrogen) atoms. The van der Waals surface area contributed by atoms with Crippen LogP contribution in [0.5, 0.6) is 0 Å². The van der Waals surface area contributed by atoms with E-state index in [1.165, 1.54) is 64.7 Å². The van der Waals surface area contributed by atoms with Crippen LogP contribution in [-0.4, -0.2) is 72.4 Å². The van der Waals surface area contributed by atoms with Crippen molar-refractivity contribution in [1.82, 2.24) is 15.1 Å². The maximum Gasteiger partial charge on any atom is 0.0695 e. The molecule has 2 saturated heterocycles. The monoisotopic (exact) mass is 309 g/mol. The lowest BCUT2D eigenvalue weighted by Crippen LogP contribution is -2.55. The van der Waals surface area contributed by atoms with E-state index in [2.05, 4.69) is 29.1 Å². The second-order valence-electron chi connectivity index (χ2n) is 8.03. The molecule has 0 bridgehead atoms. The number of hydrogen-bond acceptors (Lipinski definition) is 4. The molecule has 1 aliphatic carbocycles. The van der Waals surface area contributed by atoms with Crippen molar-refractivity contribution in [3.8, 4) is 0 Å². The van der Waals surface area contributed by atoms with Gasteiger partial charge in [0.15, 0.2) is 0 Å².